The Morgan fingerprint density at radius 1 is 0.939 bits per heavy atom. The highest BCUT2D eigenvalue weighted by Gasteiger charge is 2.13. The van der Waals surface area contributed by atoms with Gasteiger partial charge in [-0.3, -0.25) is 19.9 Å². The van der Waals surface area contributed by atoms with Crippen LogP contribution in [-0.2, 0) is 13.0 Å². The van der Waals surface area contributed by atoms with Crippen LogP contribution in [0.15, 0.2) is 67.5 Å². The molecule has 0 saturated carbocycles. The number of aromatic amines is 1. The first kappa shape index (κ1) is 20.7. The van der Waals surface area contributed by atoms with Gasteiger partial charge in [0.05, 0.1) is 35.0 Å². The Bertz CT molecular complexity index is 1410. The highest BCUT2D eigenvalue weighted by Crippen LogP contribution is 2.27. The monoisotopic (exact) mass is 436 g/mol. The first-order chi connectivity index (χ1) is 16.1. The number of anilines is 1. The van der Waals surface area contributed by atoms with Gasteiger partial charge in [0.1, 0.15) is 11.3 Å². The minimum Gasteiger partial charge on any atom is -0.397 e. The lowest BCUT2D eigenvalue weighted by molar-refractivity contribution is 0.402. The lowest BCUT2D eigenvalue weighted by Crippen LogP contribution is -2.10. The number of fused-ring (bicyclic) bond motifs is 1. The summed E-state index contributed by atoms with van der Waals surface area (Å²) in [5.74, 6) is 0.804. The number of nitrogens with two attached hydrogens (primary N) is 1. The molecule has 0 aromatic carbocycles. The van der Waals surface area contributed by atoms with Crippen LogP contribution in [0.25, 0.3) is 33.5 Å². The lowest BCUT2D eigenvalue weighted by atomic mass is 10.1. The van der Waals surface area contributed by atoms with E-state index in [-0.39, 0.29) is 0 Å². The Morgan fingerprint density at radius 3 is 2.64 bits per heavy atom. The maximum absolute atomic E-state index is 6.28. The van der Waals surface area contributed by atoms with E-state index in [1.54, 1.807) is 24.8 Å². The summed E-state index contributed by atoms with van der Waals surface area (Å²) in [6.07, 6.45) is 11.3. The van der Waals surface area contributed by atoms with Gasteiger partial charge in [-0.2, -0.15) is 0 Å². The predicted octanol–water partition coefficient (Wildman–Crippen LogP) is 3.71. The van der Waals surface area contributed by atoms with Crippen LogP contribution in [0.1, 0.15) is 17.0 Å². The number of nitrogens with one attached hydrogen (secondary N) is 1. The Kier molecular flexibility index (Phi) is 5.50. The minimum absolute atomic E-state index is 0.544. The molecule has 5 rings (SSSR count). The van der Waals surface area contributed by atoms with E-state index in [4.69, 9.17) is 10.7 Å². The van der Waals surface area contributed by atoms with Crippen molar-refractivity contribution in [3.05, 3.63) is 84.5 Å². The van der Waals surface area contributed by atoms with Crippen LogP contribution in [-0.4, -0.2) is 48.9 Å². The topological polar surface area (TPSA) is 110 Å². The van der Waals surface area contributed by atoms with Crippen molar-refractivity contribution in [3.63, 3.8) is 0 Å². The molecule has 5 heterocycles. The van der Waals surface area contributed by atoms with Gasteiger partial charge < -0.3 is 15.6 Å². The first-order valence-electron chi connectivity index (χ1n) is 10.6. The number of rotatable bonds is 6. The van der Waals surface area contributed by atoms with E-state index in [0.717, 1.165) is 57.0 Å². The van der Waals surface area contributed by atoms with Crippen LogP contribution in [0.2, 0.25) is 0 Å². The van der Waals surface area contributed by atoms with E-state index in [9.17, 15) is 0 Å². The second-order valence-corrected chi connectivity index (χ2v) is 8.25. The van der Waals surface area contributed by atoms with E-state index in [1.807, 2.05) is 50.8 Å². The standard InChI is InChI=1S/C25H24N8/c1-33(2)15-16-7-18(11-27-10-16)22-8-17(20(26)13-30-22)9-24-31-23-14-28-12-19(25(23)32-24)21-5-3-4-6-29-21/h3-8,10-14H,9,15,26H2,1-2H3,(H,31,32). The predicted molar refractivity (Wildman–Crippen MR) is 129 cm³/mol. The Labute approximate surface area is 191 Å². The molecule has 3 N–H and O–H groups in total. The van der Waals surface area contributed by atoms with E-state index >= 15 is 0 Å². The van der Waals surface area contributed by atoms with Crippen LogP contribution in [0.5, 0.6) is 0 Å². The molecule has 0 saturated heterocycles. The van der Waals surface area contributed by atoms with Gasteiger partial charge in [0.2, 0.25) is 0 Å². The maximum Gasteiger partial charge on any atom is 0.111 e. The molecule has 0 bridgehead atoms. The number of hydrogen-bond acceptors (Lipinski definition) is 7. The normalized spacial score (nSPS) is 11.4. The van der Waals surface area contributed by atoms with Gasteiger partial charge in [0.25, 0.3) is 0 Å². The average Bonchev–Trinajstić information content (AvgIpc) is 3.23. The lowest BCUT2D eigenvalue weighted by Gasteiger charge is -2.11. The molecule has 0 aliphatic carbocycles. The molecule has 0 aliphatic rings. The zero-order valence-electron chi connectivity index (χ0n) is 18.5. The molecule has 5 aromatic heterocycles. The fraction of sp³-hybridized carbons (Fsp3) is 0.160. The van der Waals surface area contributed by atoms with Crippen molar-refractivity contribution in [2.45, 2.75) is 13.0 Å². The summed E-state index contributed by atoms with van der Waals surface area (Å²) in [5.41, 5.74) is 14.2. The summed E-state index contributed by atoms with van der Waals surface area (Å²) in [7, 11) is 4.07. The van der Waals surface area contributed by atoms with Crippen LogP contribution in [0.3, 0.4) is 0 Å². The molecule has 0 radical (unpaired) electrons. The van der Waals surface area contributed by atoms with Crippen molar-refractivity contribution >= 4 is 16.7 Å². The average molecular weight is 437 g/mol. The van der Waals surface area contributed by atoms with Gasteiger partial charge in [0.15, 0.2) is 0 Å². The largest absolute Gasteiger partial charge is 0.397 e. The maximum atomic E-state index is 6.28. The summed E-state index contributed by atoms with van der Waals surface area (Å²) in [6, 6.07) is 9.92. The van der Waals surface area contributed by atoms with E-state index < -0.39 is 0 Å². The number of hydrogen-bond donors (Lipinski definition) is 2. The third-order valence-electron chi connectivity index (χ3n) is 5.36. The third-order valence-corrected chi connectivity index (χ3v) is 5.36. The zero-order valence-corrected chi connectivity index (χ0v) is 18.5. The second-order valence-electron chi connectivity index (χ2n) is 8.25. The van der Waals surface area contributed by atoms with Gasteiger partial charge in [-0.1, -0.05) is 6.07 Å². The molecule has 8 heteroatoms. The number of pyridine rings is 4. The summed E-state index contributed by atoms with van der Waals surface area (Å²) in [5, 5.41) is 0. The van der Waals surface area contributed by atoms with Crippen molar-refractivity contribution in [2.75, 3.05) is 19.8 Å². The summed E-state index contributed by atoms with van der Waals surface area (Å²) in [4.78, 5) is 28.1. The smallest absolute Gasteiger partial charge is 0.111 e. The van der Waals surface area contributed by atoms with Crippen LogP contribution in [0.4, 0.5) is 5.69 Å². The summed E-state index contributed by atoms with van der Waals surface area (Å²) < 4.78 is 0. The number of H-pyrrole nitrogens is 1. The van der Waals surface area contributed by atoms with Crippen molar-refractivity contribution in [1.82, 2.24) is 34.8 Å². The number of nitrogens with zero attached hydrogens (tertiary/aromatic N) is 6. The van der Waals surface area contributed by atoms with Crippen LogP contribution < -0.4 is 5.73 Å². The molecule has 164 valence electrons. The van der Waals surface area contributed by atoms with Gasteiger partial charge in [-0.05, 0) is 49.5 Å². The van der Waals surface area contributed by atoms with Crippen molar-refractivity contribution < 1.29 is 0 Å². The van der Waals surface area contributed by atoms with Gasteiger partial charge >= 0.3 is 0 Å². The van der Waals surface area contributed by atoms with Crippen LogP contribution in [0, 0.1) is 0 Å². The molecule has 33 heavy (non-hydrogen) atoms. The highest BCUT2D eigenvalue weighted by molar-refractivity contribution is 5.89. The van der Waals surface area contributed by atoms with E-state index in [2.05, 4.69) is 35.9 Å². The molecular weight excluding hydrogens is 412 g/mol. The van der Waals surface area contributed by atoms with Crippen molar-refractivity contribution in [2.24, 2.45) is 0 Å². The fourth-order valence-electron chi connectivity index (χ4n) is 3.86. The molecule has 0 fully saturated rings. The quantitative estimate of drug-likeness (QED) is 0.417. The summed E-state index contributed by atoms with van der Waals surface area (Å²) in [6.45, 7) is 0.814. The fourth-order valence-corrected chi connectivity index (χ4v) is 3.86. The molecule has 0 unspecified atom stereocenters. The third kappa shape index (κ3) is 4.42. The number of imidazole rings is 1. The number of aromatic nitrogens is 6. The molecular formula is C25H24N8. The first-order valence-corrected chi connectivity index (χ1v) is 10.6. The highest BCUT2D eigenvalue weighted by atomic mass is 15.0. The molecule has 5 aromatic rings. The molecule has 0 atom stereocenters. The molecule has 8 nitrogen and oxygen atoms in total. The Hall–Kier alpha value is -4.17. The molecule has 0 aliphatic heterocycles. The zero-order chi connectivity index (χ0) is 22.8. The SMILES string of the molecule is CN(C)Cc1cncc(-c2cc(Cc3nc4c(-c5ccccn5)cncc4[nH]3)c(N)cn2)c1. The Morgan fingerprint density at radius 2 is 1.82 bits per heavy atom. The molecule has 0 spiro atoms. The number of nitrogen functional groups attached to an aromatic ring is 1. The van der Waals surface area contributed by atoms with Crippen molar-refractivity contribution in [1.29, 1.82) is 0 Å². The second kappa shape index (κ2) is 8.76. The Balaban J connectivity index is 1.48. The van der Waals surface area contributed by atoms with E-state index in [0.29, 0.717) is 12.1 Å². The molecule has 0 amide bonds. The van der Waals surface area contributed by atoms with Gasteiger partial charge in [-0.25, -0.2) is 4.98 Å². The van der Waals surface area contributed by atoms with E-state index in [1.165, 1.54) is 0 Å². The van der Waals surface area contributed by atoms with Crippen LogP contribution >= 0.6 is 0 Å². The van der Waals surface area contributed by atoms with Crippen molar-refractivity contribution in [3.8, 4) is 22.5 Å². The van der Waals surface area contributed by atoms with Gasteiger partial charge in [0, 0.05) is 48.9 Å². The summed E-state index contributed by atoms with van der Waals surface area (Å²) >= 11 is 0. The van der Waals surface area contributed by atoms with Gasteiger partial charge in [-0.15, -0.1) is 0 Å². The minimum atomic E-state index is 0.544.